The number of nitrogens with zero attached hydrogens (tertiary/aromatic N) is 3. The predicted molar refractivity (Wildman–Crippen MR) is 98.5 cm³/mol. The lowest BCUT2D eigenvalue weighted by molar-refractivity contribution is -0.121. The van der Waals surface area contributed by atoms with E-state index in [0.29, 0.717) is 21.1 Å². The van der Waals surface area contributed by atoms with Crippen LogP contribution in [0.5, 0.6) is 0 Å². The van der Waals surface area contributed by atoms with E-state index in [9.17, 15) is 4.79 Å². The van der Waals surface area contributed by atoms with E-state index in [-0.39, 0.29) is 0 Å². The van der Waals surface area contributed by atoms with Gasteiger partial charge in [-0.2, -0.15) is 5.10 Å². The summed E-state index contributed by atoms with van der Waals surface area (Å²) in [4.78, 5) is 15.8. The maximum atomic E-state index is 11.7. The molecule has 0 aliphatic carbocycles. The summed E-state index contributed by atoms with van der Waals surface area (Å²) in [6.45, 7) is 0. The van der Waals surface area contributed by atoms with E-state index < -0.39 is 12.1 Å². The van der Waals surface area contributed by atoms with Gasteiger partial charge in [0.1, 0.15) is 0 Å². The van der Waals surface area contributed by atoms with E-state index in [0.717, 1.165) is 16.3 Å². The van der Waals surface area contributed by atoms with Crippen LogP contribution in [0.3, 0.4) is 0 Å². The van der Waals surface area contributed by atoms with E-state index in [1.165, 1.54) is 5.01 Å². The lowest BCUT2D eigenvalue weighted by Gasteiger charge is -2.18. The van der Waals surface area contributed by atoms with Crippen molar-refractivity contribution < 1.29 is 4.79 Å². The highest BCUT2D eigenvalue weighted by atomic mass is 35.5. The highest BCUT2D eigenvalue weighted by molar-refractivity contribution is 6.33. The number of nitrogens with two attached hydrogens (primary N) is 1. The summed E-state index contributed by atoms with van der Waals surface area (Å²) in [6, 6.07) is 11.1. The molecule has 0 bridgehead atoms. The third-order valence-corrected chi connectivity index (χ3v) is 4.56. The molecule has 2 N–H and O–H groups in total. The van der Waals surface area contributed by atoms with Gasteiger partial charge in [-0.3, -0.25) is 9.79 Å². The lowest BCUT2D eigenvalue weighted by Crippen LogP contribution is -2.39. The van der Waals surface area contributed by atoms with Crippen molar-refractivity contribution >= 4 is 41.4 Å². The average Bonchev–Trinajstić information content (AvgIpc) is 2.89. The Morgan fingerprint density at radius 2 is 1.92 bits per heavy atom. The fourth-order valence-electron chi connectivity index (χ4n) is 2.86. The van der Waals surface area contributed by atoms with Crippen LogP contribution in [0.4, 0.5) is 0 Å². The number of fused-ring (bicyclic) bond motifs is 2. The molecule has 2 aliphatic heterocycles. The first-order valence-electron chi connectivity index (χ1n) is 7.51. The van der Waals surface area contributed by atoms with E-state index in [2.05, 4.69) is 10.1 Å². The SMILES string of the molecule is NC(=O)C1N=CC2=CC=c3cc(Cl)cc(-c4ccccc4Cl)c3=NN21. The quantitative estimate of drug-likeness (QED) is 0.878. The van der Waals surface area contributed by atoms with Crippen LogP contribution in [0, 0.1) is 0 Å². The standard InChI is InChI=1S/C18H12Cl2N4O/c19-11-7-10-5-6-12-9-22-18(17(21)25)24(12)23-16(10)14(8-11)13-3-1-2-4-15(13)20/h1-9,18H,(H2,21,25). The minimum absolute atomic E-state index is 0.569. The summed E-state index contributed by atoms with van der Waals surface area (Å²) in [5.41, 5.74) is 7.70. The number of allylic oxidation sites excluding steroid dienone is 2. The molecule has 0 fully saturated rings. The molecule has 0 radical (unpaired) electrons. The number of primary amides is 1. The molecule has 1 amide bonds. The normalized spacial score (nSPS) is 17.8. The maximum Gasteiger partial charge on any atom is 0.264 e. The van der Waals surface area contributed by atoms with Crippen LogP contribution >= 0.6 is 23.2 Å². The number of amides is 1. The van der Waals surface area contributed by atoms with Gasteiger partial charge in [-0.1, -0.05) is 47.5 Å². The second kappa shape index (κ2) is 6.02. The molecule has 1 atom stereocenters. The Morgan fingerprint density at radius 1 is 1.12 bits per heavy atom. The number of benzene rings is 2. The summed E-state index contributed by atoms with van der Waals surface area (Å²) < 4.78 is 0. The molecule has 25 heavy (non-hydrogen) atoms. The summed E-state index contributed by atoms with van der Waals surface area (Å²) in [5, 5.41) is 8.80. The highest BCUT2D eigenvalue weighted by Crippen LogP contribution is 2.27. The monoisotopic (exact) mass is 370 g/mol. The molecule has 0 spiro atoms. The molecule has 0 saturated carbocycles. The number of rotatable bonds is 2. The Bertz CT molecular complexity index is 1070. The Labute approximate surface area is 153 Å². The van der Waals surface area contributed by atoms with Crippen LogP contribution < -0.4 is 16.3 Å². The summed E-state index contributed by atoms with van der Waals surface area (Å²) in [6.07, 6.45) is 4.43. The second-order valence-electron chi connectivity index (χ2n) is 5.63. The van der Waals surface area contributed by atoms with Crippen LogP contribution in [-0.2, 0) is 4.79 Å². The molecule has 0 aromatic heterocycles. The van der Waals surface area contributed by atoms with E-state index >= 15 is 0 Å². The number of aliphatic imine (C=N–C) groups is 1. The first-order valence-corrected chi connectivity index (χ1v) is 8.27. The van der Waals surface area contributed by atoms with Gasteiger partial charge in [0.2, 0.25) is 6.17 Å². The number of hydrogen-bond donors (Lipinski definition) is 1. The number of carbonyl (C=O) groups is 1. The minimum atomic E-state index is -0.861. The van der Waals surface area contributed by atoms with Gasteiger partial charge in [0, 0.05) is 32.6 Å². The van der Waals surface area contributed by atoms with Gasteiger partial charge in [-0.25, -0.2) is 5.01 Å². The fraction of sp³-hybridized carbons (Fsp3) is 0.0556. The number of halogens is 2. The average molecular weight is 371 g/mol. The van der Waals surface area contributed by atoms with Gasteiger partial charge >= 0.3 is 0 Å². The van der Waals surface area contributed by atoms with E-state index in [4.69, 9.17) is 28.9 Å². The smallest absolute Gasteiger partial charge is 0.264 e. The van der Waals surface area contributed by atoms with Crippen molar-refractivity contribution in [1.29, 1.82) is 0 Å². The van der Waals surface area contributed by atoms with Crippen LogP contribution in [0.2, 0.25) is 10.0 Å². The maximum absolute atomic E-state index is 11.7. The van der Waals surface area contributed by atoms with Gasteiger partial charge in [0.25, 0.3) is 5.91 Å². The van der Waals surface area contributed by atoms with E-state index in [1.54, 1.807) is 18.3 Å². The van der Waals surface area contributed by atoms with Gasteiger partial charge in [0.15, 0.2) is 0 Å². The molecule has 4 rings (SSSR count). The van der Waals surface area contributed by atoms with Crippen LogP contribution in [0.1, 0.15) is 0 Å². The first kappa shape index (κ1) is 15.9. The summed E-state index contributed by atoms with van der Waals surface area (Å²) >= 11 is 12.7. The van der Waals surface area contributed by atoms with E-state index in [1.807, 2.05) is 36.4 Å². The summed E-state index contributed by atoms with van der Waals surface area (Å²) in [7, 11) is 0. The van der Waals surface area contributed by atoms with Crippen molar-refractivity contribution in [3.63, 3.8) is 0 Å². The zero-order valence-electron chi connectivity index (χ0n) is 12.9. The van der Waals surface area contributed by atoms with Gasteiger partial charge in [0.05, 0.1) is 11.1 Å². The van der Waals surface area contributed by atoms with Crippen LogP contribution in [0.15, 0.2) is 58.3 Å². The molecular formula is C18H12Cl2N4O. The lowest BCUT2D eigenvalue weighted by atomic mass is 10.0. The van der Waals surface area contributed by atoms with Gasteiger partial charge < -0.3 is 5.73 Å². The van der Waals surface area contributed by atoms with Crippen molar-refractivity contribution in [2.75, 3.05) is 0 Å². The second-order valence-corrected chi connectivity index (χ2v) is 6.47. The largest absolute Gasteiger partial charge is 0.366 e. The Kier molecular flexibility index (Phi) is 3.82. The van der Waals surface area contributed by atoms with Crippen molar-refractivity contribution in [1.82, 2.24) is 5.01 Å². The Hall–Kier alpha value is -2.63. The van der Waals surface area contributed by atoms with Gasteiger partial charge in [-0.05, 0) is 24.3 Å². The Balaban J connectivity index is 2.02. The van der Waals surface area contributed by atoms with Crippen molar-refractivity contribution in [2.45, 2.75) is 6.17 Å². The molecule has 7 heteroatoms. The third kappa shape index (κ3) is 2.71. The highest BCUT2D eigenvalue weighted by Gasteiger charge is 2.29. The predicted octanol–water partition coefficient (Wildman–Crippen LogP) is 2.07. The Morgan fingerprint density at radius 3 is 2.68 bits per heavy atom. The fourth-order valence-corrected chi connectivity index (χ4v) is 3.33. The topological polar surface area (TPSA) is 71.0 Å². The molecule has 2 aromatic rings. The van der Waals surface area contributed by atoms with Crippen LogP contribution in [-0.4, -0.2) is 23.3 Å². The molecule has 2 heterocycles. The molecule has 124 valence electrons. The minimum Gasteiger partial charge on any atom is -0.366 e. The third-order valence-electron chi connectivity index (χ3n) is 4.01. The molecule has 2 aromatic carbocycles. The first-order chi connectivity index (χ1) is 12.0. The zero-order chi connectivity index (χ0) is 17.6. The van der Waals surface area contributed by atoms with Gasteiger partial charge in [-0.15, -0.1) is 0 Å². The van der Waals surface area contributed by atoms with Crippen molar-refractivity contribution in [3.8, 4) is 11.1 Å². The van der Waals surface area contributed by atoms with Crippen molar-refractivity contribution in [3.05, 3.63) is 68.8 Å². The molecule has 1 unspecified atom stereocenters. The number of carbonyl (C=O) groups excluding carboxylic acids is 1. The molecular weight excluding hydrogens is 359 g/mol. The van der Waals surface area contributed by atoms with Crippen molar-refractivity contribution in [2.24, 2.45) is 15.8 Å². The van der Waals surface area contributed by atoms with Crippen LogP contribution in [0.25, 0.3) is 17.2 Å². The molecule has 5 nitrogen and oxygen atoms in total. The molecule has 2 aliphatic rings. The zero-order valence-corrected chi connectivity index (χ0v) is 14.4. The molecule has 0 saturated heterocycles. The number of hydrogen-bond acceptors (Lipinski definition) is 4. The summed E-state index contributed by atoms with van der Waals surface area (Å²) in [5.74, 6) is -0.569.